The second-order valence-electron chi connectivity index (χ2n) is 4.05. The first-order chi connectivity index (χ1) is 8.31. The van der Waals surface area contributed by atoms with Crippen LogP contribution >= 0.6 is 0 Å². The van der Waals surface area contributed by atoms with Crippen LogP contribution in [-0.4, -0.2) is 37.5 Å². The lowest BCUT2D eigenvalue weighted by molar-refractivity contribution is -0.105. The molecule has 1 amide bonds. The Hall–Kier alpha value is -1.46. The van der Waals surface area contributed by atoms with Crippen LogP contribution in [0.1, 0.15) is 5.56 Å². The van der Waals surface area contributed by atoms with Crippen LogP contribution in [0.2, 0.25) is 0 Å². The molecule has 1 aromatic rings. The summed E-state index contributed by atoms with van der Waals surface area (Å²) in [4.78, 5) is 12.6. The first-order valence-electron chi connectivity index (χ1n) is 5.72. The molecular weight excluding hydrogens is 221 g/mol. The minimum atomic E-state index is -0.268. The molecule has 5 heteroatoms. The fourth-order valence-corrected chi connectivity index (χ4v) is 2.01. The fourth-order valence-electron chi connectivity index (χ4n) is 2.01. The van der Waals surface area contributed by atoms with Gasteiger partial charge in [-0.2, -0.15) is 0 Å². The lowest BCUT2D eigenvalue weighted by Gasteiger charge is -2.28. The number of nitrogens with one attached hydrogen (secondary N) is 2. The number of carbonyl (C=O) groups is 1. The van der Waals surface area contributed by atoms with Crippen molar-refractivity contribution < 1.29 is 9.18 Å². The van der Waals surface area contributed by atoms with Crippen LogP contribution in [0.4, 0.5) is 10.1 Å². The van der Waals surface area contributed by atoms with Crippen LogP contribution in [-0.2, 0) is 11.3 Å². The van der Waals surface area contributed by atoms with Crippen molar-refractivity contribution >= 4 is 12.1 Å². The molecule has 1 saturated heterocycles. The number of rotatable bonds is 4. The van der Waals surface area contributed by atoms with Gasteiger partial charge in [-0.15, -0.1) is 0 Å². The standard InChI is InChI=1S/C12H16FN3O/c13-11-2-1-3-12(15-9-17)10(11)8-16-6-4-14-5-7-16/h1-3,9,14H,4-8H2,(H,15,17). The topological polar surface area (TPSA) is 44.4 Å². The van der Waals surface area contributed by atoms with Gasteiger partial charge in [0.1, 0.15) is 5.82 Å². The van der Waals surface area contributed by atoms with Crippen molar-refractivity contribution in [2.75, 3.05) is 31.5 Å². The first kappa shape index (κ1) is 12.0. The molecule has 0 radical (unpaired) electrons. The van der Waals surface area contributed by atoms with Gasteiger partial charge in [-0.3, -0.25) is 9.69 Å². The fraction of sp³-hybridized carbons (Fsp3) is 0.417. The molecule has 2 N–H and O–H groups in total. The Morgan fingerprint density at radius 1 is 1.41 bits per heavy atom. The van der Waals surface area contributed by atoms with Crippen molar-refractivity contribution in [1.82, 2.24) is 10.2 Å². The van der Waals surface area contributed by atoms with E-state index in [0.717, 1.165) is 26.2 Å². The zero-order chi connectivity index (χ0) is 12.1. The molecule has 1 aliphatic heterocycles. The zero-order valence-electron chi connectivity index (χ0n) is 9.58. The van der Waals surface area contributed by atoms with Crippen LogP contribution < -0.4 is 10.6 Å². The average Bonchev–Trinajstić information content (AvgIpc) is 2.35. The summed E-state index contributed by atoms with van der Waals surface area (Å²) < 4.78 is 13.7. The molecule has 0 aromatic heterocycles. The molecule has 0 saturated carbocycles. The van der Waals surface area contributed by atoms with E-state index in [1.807, 2.05) is 0 Å². The molecule has 17 heavy (non-hydrogen) atoms. The summed E-state index contributed by atoms with van der Waals surface area (Å²) in [5, 5.41) is 5.79. The number of benzene rings is 1. The van der Waals surface area contributed by atoms with E-state index in [4.69, 9.17) is 0 Å². The summed E-state index contributed by atoms with van der Waals surface area (Å²) in [6.07, 6.45) is 0.579. The van der Waals surface area contributed by atoms with E-state index in [0.29, 0.717) is 24.2 Å². The van der Waals surface area contributed by atoms with Crippen molar-refractivity contribution in [3.8, 4) is 0 Å². The summed E-state index contributed by atoms with van der Waals surface area (Å²) >= 11 is 0. The SMILES string of the molecule is O=CNc1cccc(F)c1CN1CCNCC1. The largest absolute Gasteiger partial charge is 0.328 e. The molecule has 2 rings (SSSR count). The second-order valence-corrected chi connectivity index (χ2v) is 4.05. The molecule has 0 bridgehead atoms. The van der Waals surface area contributed by atoms with Crippen molar-refractivity contribution in [1.29, 1.82) is 0 Å². The minimum Gasteiger partial charge on any atom is -0.328 e. The lowest BCUT2D eigenvalue weighted by Crippen LogP contribution is -2.43. The van der Waals surface area contributed by atoms with Crippen molar-refractivity contribution in [2.24, 2.45) is 0 Å². The molecule has 0 aliphatic carbocycles. The Bertz CT molecular complexity index is 391. The van der Waals surface area contributed by atoms with Gasteiger partial charge in [0, 0.05) is 44.0 Å². The van der Waals surface area contributed by atoms with Crippen LogP contribution in [0.25, 0.3) is 0 Å². The highest BCUT2D eigenvalue weighted by Crippen LogP contribution is 2.20. The first-order valence-corrected chi connectivity index (χ1v) is 5.72. The van der Waals surface area contributed by atoms with Crippen molar-refractivity contribution in [3.05, 3.63) is 29.6 Å². The van der Waals surface area contributed by atoms with Crippen molar-refractivity contribution in [2.45, 2.75) is 6.54 Å². The normalized spacial score (nSPS) is 16.8. The number of carbonyl (C=O) groups excluding carboxylic acids is 1. The Balaban J connectivity index is 2.14. The average molecular weight is 237 g/mol. The number of hydrogen-bond donors (Lipinski definition) is 2. The van der Waals surface area contributed by atoms with Gasteiger partial charge in [0.05, 0.1) is 0 Å². The van der Waals surface area contributed by atoms with Gasteiger partial charge < -0.3 is 10.6 Å². The summed E-state index contributed by atoms with van der Waals surface area (Å²) in [7, 11) is 0. The monoisotopic (exact) mass is 237 g/mol. The molecule has 4 nitrogen and oxygen atoms in total. The maximum atomic E-state index is 13.7. The summed E-state index contributed by atoms with van der Waals surface area (Å²) in [6.45, 7) is 4.17. The molecule has 1 fully saturated rings. The van der Waals surface area contributed by atoms with Crippen LogP contribution in [0.5, 0.6) is 0 Å². The van der Waals surface area contributed by atoms with Gasteiger partial charge in [-0.05, 0) is 12.1 Å². The molecule has 92 valence electrons. The molecule has 0 unspecified atom stereocenters. The highest BCUT2D eigenvalue weighted by Gasteiger charge is 2.15. The third-order valence-electron chi connectivity index (χ3n) is 2.92. The van der Waals surface area contributed by atoms with Crippen LogP contribution in [0.3, 0.4) is 0 Å². The van der Waals surface area contributed by atoms with Gasteiger partial charge in [0.25, 0.3) is 0 Å². The van der Waals surface area contributed by atoms with E-state index in [1.165, 1.54) is 6.07 Å². The van der Waals surface area contributed by atoms with E-state index < -0.39 is 0 Å². The van der Waals surface area contributed by atoms with E-state index in [1.54, 1.807) is 12.1 Å². The predicted molar refractivity (Wildman–Crippen MR) is 64.2 cm³/mol. The van der Waals surface area contributed by atoms with Gasteiger partial charge in [-0.1, -0.05) is 6.07 Å². The van der Waals surface area contributed by atoms with Crippen LogP contribution in [0.15, 0.2) is 18.2 Å². The van der Waals surface area contributed by atoms with Crippen LogP contribution in [0, 0.1) is 5.82 Å². The highest BCUT2D eigenvalue weighted by molar-refractivity contribution is 5.73. The Kier molecular flexibility index (Phi) is 4.06. The maximum Gasteiger partial charge on any atom is 0.211 e. The predicted octanol–water partition coefficient (Wildman–Crippen LogP) is 0.799. The number of halogens is 1. The molecule has 0 spiro atoms. The van der Waals surface area contributed by atoms with Gasteiger partial charge in [-0.25, -0.2) is 4.39 Å². The second kappa shape index (κ2) is 5.75. The lowest BCUT2D eigenvalue weighted by atomic mass is 10.1. The quantitative estimate of drug-likeness (QED) is 0.761. The maximum absolute atomic E-state index is 13.7. The van der Waals surface area contributed by atoms with E-state index in [2.05, 4.69) is 15.5 Å². The van der Waals surface area contributed by atoms with E-state index in [9.17, 15) is 9.18 Å². The van der Waals surface area contributed by atoms with Gasteiger partial charge in [0.15, 0.2) is 0 Å². The Morgan fingerprint density at radius 2 is 2.18 bits per heavy atom. The molecular formula is C12H16FN3O. The number of nitrogens with zero attached hydrogens (tertiary/aromatic N) is 1. The summed E-state index contributed by atoms with van der Waals surface area (Å²) in [6, 6.07) is 4.74. The molecule has 1 aromatic carbocycles. The minimum absolute atomic E-state index is 0.268. The summed E-state index contributed by atoms with van der Waals surface area (Å²) in [5.41, 5.74) is 1.11. The number of anilines is 1. The van der Waals surface area contributed by atoms with Crippen molar-refractivity contribution in [3.63, 3.8) is 0 Å². The molecule has 1 heterocycles. The van der Waals surface area contributed by atoms with Gasteiger partial charge >= 0.3 is 0 Å². The Labute approximate surface area is 99.8 Å². The Morgan fingerprint density at radius 3 is 2.88 bits per heavy atom. The van der Waals surface area contributed by atoms with E-state index in [-0.39, 0.29) is 5.82 Å². The summed E-state index contributed by atoms with van der Waals surface area (Å²) in [5.74, 6) is -0.268. The highest BCUT2D eigenvalue weighted by atomic mass is 19.1. The molecule has 1 aliphatic rings. The third-order valence-corrected chi connectivity index (χ3v) is 2.92. The smallest absolute Gasteiger partial charge is 0.211 e. The van der Waals surface area contributed by atoms with E-state index >= 15 is 0 Å². The third kappa shape index (κ3) is 3.01. The number of hydrogen-bond acceptors (Lipinski definition) is 3. The zero-order valence-corrected chi connectivity index (χ0v) is 9.58. The number of amides is 1. The van der Waals surface area contributed by atoms with Gasteiger partial charge in [0.2, 0.25) is 6.41 Å². The number of piperazine rings is 1. The molecule has 0 atom stereocenters.